The van der Waals surface area contributed by atoms with Gasteiger partial charge >= 0.3 is 0 Å². The molecule has 0 spiro atoms. The van der Waals surface area contributed by atoms with Crippen LogP contribution in [0.1, 0.15) is 40.5 Å². The molecule has 0 aromatic heterocycles. The van der Waals surface area contributed by atoms with Crippen LogP contribution in [0, 0.1) is 0 Å². The first-order valence-electron chi connectivity index (χ1n) is 5.37. The van der Waals surface area contributed by atoms with Crippen molar-refractivity contribution in [1.82, 2.24) is 0 Å². The van der Waals surface area contributed by atoms with Crippen molar-refractivity contribution in [2.24, 2.45) is 0 Å². The fourth-order valence-electron chi connectivity index (χ4n) is 1.11. The summed E-state index contributed by atoms with van der Waals surface area (Å²) in [6.45, 7) is 15.7. The third-order valence-corrected chi connectivity index (χ3v) is 1.71. The van der Waals surface area contributed by atoms with Crippen molar-refractivity contribution < 1.29 is 0 Å². The van der Waals surface area contributed by atoms with Gasteiger partial charge in [-0.3, -0.25) is 0 Å². The van der Waals surface area contributed by atoms with E-state index in [4.69, 9.17) is 0 Å². The lowest BCUT2D eigenvalue weighted by molar-refractivity contribution is 0.911. The third kappa shape index (κ3) is 7.60. The van der Waals surface area contributed by atoms with Crippen molar-refractivity contribution in [2.45, 2.75) is 40.5 Å². The summed E-state index contributed by atoms with van der Waals surface area (Å²) in [5.74, 6) is 0. The monoisotopic (exact) mass is 192 g/mol. The molecular formula is C14H24. The van der Waals surface area contributed by atoms with Gasteiger partial charge in [0.2, 0.25) is 0 Å². The summed E-state index contributed by atoms with van der Waals surface area (Å²) < 4.78 is 0. The summed E-state index contributed by atoms with van der Waals surface area (Å²) in [5.41, 5.74) is 2.64. The van der Waals surface area contributed by atoms with Crippen molar-refractivity contribution in [3.63, 3.8) is 0 Å². The topological polar surface area (TPSA) is 0 Å². The second-order valence-corrected chi connectivity index (χ2v) is 2.76. The van der Waals surface area contributed by atoms with Crippen molar-refractivity contribution in [1.29, 1.82) is 0 Å². The van der Waals surface area contributed by atoms with E-state index >= 15 is 0 Å². The highest BCUT2D eigenvalue weighted by Gasteiger charge is 1.95. The van der Waals surface area contributed by atoms with Crippen molar-refractivity contribution in [3.05, 3.63) is 48.6 Å². The van der Waals surface area contributed by atoms with Gasteiger partial charge in [0.25, 0.3) is 0 Å². The molecule has 0 aliphatic heterocycles. The first-order chi connectivity index (χ1) is 6.76. The Kier molecular flexibility index (Phi) is 13.2. The van der Waals surface area contributed by atoms with Crippen LogP contribution in [0.3, 0.4) is 0 Å². The van der Waals surface area contributed by atoms with E-state index in [1.807, 2.05) is 32.1 Å². The minimum absolute atomic E-state index is 1.11. The van der Waals surface area contributed by atoms with E-state index in [2.05, 4.69) is 33.1 Å². The summed E-state index contributed by atoms with van der Waals surface area (Å²) in [6, 6.07) is 0. The van der Waals surface area contributed by atoms with Crippen LogP contribution in [0.5, 0.6) is 0 Å². The Morgan fingerprint density at radius 2 is 1.57 bits per heavy atom. The number of rotatable bonds is 5. The molecule has 0 nitrogen and oxygen atoms in total. The molecule has 0 unspecified atom stereocenters. The van der Waals surface area contributed by atoms with Crippen LogP contribution in [0.4, 0.5) is 0 Å². The third-order valence-electron chi connectivity index (χ3n) is 1.71. The van der Waals surface area contributed by atoms with Gasteiger partial charge in [0.1, 0.15) is 0 Å². The fraction of sp³-hybridized carbons (Fsp3) is 0.429. The molecule has 80 valence electrons. The van der Waals surface area contributed by atoms with Gasteiger partial charge in [0, 0.05) is 0 Å². The molecule has 0 heteroatoms. The molecule has 0 atom stereocenters. The number of hydrogen-bond acceptors (Lipinski definition) is 0. The zero-order valence-electron chi connectivity index (χ0n) is 10.1. The molecule has 0 aromatic carbocycles. The Hall–Kier alpha value is -1.04. The molecule has 0 saturated carbocycles. The Morgan fingerprint density at radius 1 is 1.07 bits per heavy atom. The molecule has 0 aromatic rings. The van der Waals surface area contributed by atoms with Gasteiger partial charge in [-0.1, -0.05) is 64.7 Å². The average Bonchev–Trinajstić information content (AvgIpc) is 2.21. The van der Waals surface area contributed by atoms with Gasteiger partial charge in [-0.05, 0) is 24.5 Å². The zero-order chi connectivity index (χ0) is 11.4. The van der Waals surface area contributed by atoms with Crippen LogP contribution in [-0.2, 0) is 0 Å². The van der Waals surface area contributed by atoms with E-state index < -0.39 is 0 Å². The Bertz CT molecular complexity index is 204. The van der Waals surface area contributed by atoms with Crippen LogP contribution >= 0.6 is 0 Å². The van der Waals surface area contributed by atoms with Crippen LogP contribution in [-0.4, -0.2) is 0 Å². The SMILES string of the molecule is C=C/C=C(C)\C(=C/C=C)CCC.CC. The summed E-state index contributed by atoms with van der Waals surface area (Å²) >= 11 is 0. The van der Waals surface area contributed by atoms with Crippen molar-refractivity contribution in [2.75, 3.05) is 0 Å². The van der Waals surface area contributed by atoms with E-state index in [0.717, 1.165) is 6.42 Å². The second kappa shape index (κ2) is 12.0. The van der Waals surface area contributed by atoms with Gasteiger partial charge < -0.3 is 0 Å². The minimum Gasteiger partial charge on any atom is -0.0991 e. The lowest BCUT2D eigenvalue weighted by atomic mass is 10.0. The Morgan fingerprint density at radius 3 is 1.93 bits per heavy atom. The quantitative estimate of drug-likeness (QED) is 0.534. The summed E-state index contributed by atoms with van der Waals surface area (Å²) in [4.78, 5) is 0. The molecule has 0 saturated heterocycles. The maximum Gasteiger partial charge on any atom is -0.0279 e. The van der Waals surface area contributed by atoms with E-state index in [9.17, 15) is 0 Å². The van der Waals surface area contributed by atoms with Crippen molar-refractivity contribution in [3.8, 4) is 0 Å². The van der Waals surface area contributed by atoms with E-state index in [0.29, 0.717) is 0 Å². The maximum absolute atomic E-state index is 3.70. The number of allylic oxidation sites excluding steroid dienone is 6. The molecule has 0 fully saturated rings. The minimum atomic E-state index is 1.11. The zero-order valence-corrected chi connectivity index (χ0v) is 10.1. The standard InChI is InChI=1S/C12H18.C2H6/c1-5-8-11(4)12(9-6-2)10-7-3;1-2/h5-6,8-9H,1-2,7,10H2,3-4H3;1-2H3/b11-8-,12-9-;. The molecule has 0 aliphatic carbocycles. The normalized spacial score (nSPS) is 11.4. The van der Waals surface area contributed by atoms with Gasteiger partial charge in [0.15, 0.2) is 0 Å². The van der Waals surface area contributed by atoms with Crippen LogP contribution in [0.25, 0.3) is 0 Å². The van der Waals surface area contributed by atoms with Gasteiger partial charge in [-0.2, -0.15) is 0 Å². The fourth-order valence-corrected chi connectivity index (χ4v) is 1.11. The van der Waals surface area contributed by atoms with Gasteiger partial charge in [-0.15, -0.1) is 0 Å². The van der Waals surface area contributed by atoms with Crippen LogP contribution < -0.4 is 0 Å². The molecule has 0 bridgehead atoms. The molecule has 0 heterocycles. The Balaban J connectivity index is 0. The highest BCUT2D eigenvalue weighted by Crippen LogP contribution is 2.15. The Labute approximate surface area is 89.7 Å². The van der Waals surface area contributed by atoms with Crippen molar-refractivity contribution >= 4 is 0 Å². The van der Waals surface area contributed by atoms with E-state index in [-0.39, 0.29) is 0 Å². The second-order valence-electron chi connectivity index (χ2n) is 2.76. The largest absolute Gasteiger partial charge is 0.0991 e. The molecule has 0 amide bonds. The van der Waals surface area contributed by atoms with Gasteiger partial charge in [-0.25, -0.2) is 0 Å². The molecule has 0 radical (unpaired) electrons. The molecule has 0 rings (SSSR count). The molecule has 0 N–H and O–H groups in total. The van der Waals surface area contributed by atoms with E-state index in [1.165, 1.54) is 17.6 Å². The van der Waals surface area contributed by atoms with Crippen LogP contribution in [0.2, 0.25) is 0 Å². The molecule has 0 aliphatic rings. The molecule has 14 heavy (non-hydrogen) atoms. The average molecular weight is 192 g/mol. The van der Waals surface area contributed by atoms with E-state index in [1.54, 1.807) is 0 Å². The first-order valence-corrected chi connectivity index (χ1v) is 5.37. The first kappa shape index (κ1) is 15.4. The summed E-state index contributed by atoms with van der Waals surface area (Å²) in [5, 5.41) is 0. The molecular weight excluding hydrogens is 168 g/mol. The smallest absolute Gasteiger partial charge is 0.0279 e. The highest BCUT2D eigenvalue weighted by atomic mass is 14.0. The summed E-state index contributed by atoms with van der Waals surface area (Å²) in [6.07, 6.45) is 10.0. The predicted octanol–water partition coefficient (Wildman–Crippen LogP) is 5.06. The maximum atomic E-state index is 3.70. The summed E-state index contributed by atoms with van der Waals surface area (Å²) in [7, 11) is 0. The van der Waals surface area contributed by atoms with Crippen LogP contribution in [0.15, 0.2) is 48.6 Å². The highest BCUT2D eigenvalue weighted by molar-refractivity contribution is 5.33. The lowest BCUT2D eigenvalue weighted by Crippen LogP contribution is -1.84. The number of hydrogen-bond donors (Lipinski definition) is 0. The predicted molar refractivity (Wildman–Crippen MR) is 68.5 cm³/mol. The van der Waals surface area contributed by atoms with Gasteiger partial charge in [0.05, 0.1) is 0 Å². The lowest BCUT2D eigenvalue weighted by Gasteiger charge is -2.04.